The van der Waals surface area contributed by atoms with Crippen LogP contribution in [0.4, 0.5) is 0 Å². The number of piperidine rings is 1. The molecule has 176 valence electrons. The number of aliphatic hydroxyl groups is 1. The minimum Gasteiger partial charge on any atom is -0.396 e. The molecule has 0 amide bonds. The minimum atomic E-state index is 0.241. The van der Waals surface area contributed by atoms with Crippen molar-refractivity contribution in [3.63, 3.8) is 0 Å². The van der Waals surface area contributed by atoms with Crippen LogP contribution in [0.25, 0.3) is 11.3 Å². The van der Waals surface area contributed by atoms with Crippen molar-refractivity contribution < 1.29 is 5.11 Å². The standard InChI is InChI=1S/C28H42N2OS/c1-27(2)13-14-28(3,4)24-19-22(9-10-23(24)27)25-20-32-26(29-25)21-11-16-30(17-12-21)15-7-5-6-8-18-31/h9-10,19-21,31H,5-8,11-18H2,1-4H3. The molecule has 1 aromatic heterocycles. The first-order chi connectivity index (χ1) is 15.3. The molecule has 1 N–H and O–H groups in total. The zero-order chi connectivity index (χ0) is 22.8. The van der Waals surface area contributed by atoms with Crippen LogP contribution in [0.5, 0.6) is 0 Å². The van der Waals surface area contributed by atoms with Gasteiger partial charge in [0.1, 0.15) is 0 Å². The van der Waals surface area contributed by atoms with Crippen molar-refractivity contribution in [2.24, 2.45) is 0 Å². The lowest BCUT2D eigenvalue weighted by Gasteiger charge is -2.42. The molecule has 0 unspecified atom stereocenters. The number of hydrogen-bond donors (Lipinski definition) is 1. The molecule has 2 aromatic rings. The summed E-state index contributed by atoms with van der Waals surface area (Å²) in [5.41, 5.74) is 6.01. The van der Waals surface area contributed by atoms with Gasteiger partial charge in [0.2, 0.25) is 0 Å². The molecule has 2 heterocycles. The SMILES string of the molecule is CC1(C)CCC(C)(C)c2cc(-c3csc(C4CCN(CCCCCCO)CC4)n3)ccc21. The Hall–Kier alpha value is -1.23. The maximum Gasteiger partial charge on any atom is 0.0964 e. The first kappa shape index (κ1) is 23.9. The summed E-state index contributed by atoms with van der Waals surface area (Å²) in [5, 5.41) is 12.5. The Kier molecular flexibility index (Phi) is 7.43. The van der Waals surface area contributed by atoms with Gasteiger partial charge in [-0.1, -0.05) is 52.7 Å². The molecule has 32 heavy (non-hydrogen) atoms. The predicted molar refractivity (Wildman–Crippen MR) is 137 cm³/mol. The Morgan fingerprint density at radius 1 is 0.969 bits per heavy atom. The summed E-state index contributed by atoms with van der Waals surface area (Å²) in [7, 11) is 0. The Bertz CT molecular complexity index is 893. The van der Waals surface area contributed by atoms with Crippen molar-refractivity contribution in [1.82, 2.24) is 9.88 Å². The molecule has 0 atom stereocenters. The van der Waals surface area contributed by atoms with E-state index >= 15 is 0 Å². The number of aromatic nitrogens is 1. The number of unbranched alkanes of at least 4 members (excludes halogenated alkanes) is 3. The van der Waals surface area contributed by atoms with E-state index in [1.807, 2.05) is 11.3 Å². The van der Waals surface area contributed by atoms with E-state index < -0.39 is 0 Å². The first-order valence-electron chi connectivity index (χ1n) is 12.7. The monoisotopic (exact) mass is 454 g/mol. The second kappa shape index (κ2) is 9.95. The predicted octanol–water partition coefficient (Wildman–Crippen LogP) is 6.89. The van der Waals surface area contributed by atoms with Crippen LogP contribution in [0.3, 0.4) is 0 Å². The Balaban J connectivity index is 1.39. The van der Waals surface area contributed by atoms with Crippen molar-refractivity contribution in [2.45, 2.75) is 95.8 Å². The first-order valence-corrected chi connectivity index (χ1v) is 13.6. The Labute approximate surface area is 199 Å². The van der Waals surface area contributed by atoms with E-state index in [0.717, 1.165) is 12.8 Å². The number of rotatable bonds is 8. The van der Waals surface area contributed by atoms with E-state index in [4.69, 9.17) is 10.1 Å². The van der Waals surface area contributed by atoms with Crippen molar-refractivity contribution in [3.05, 3.63) is 39.7 Å². The maximum atomic E-state index is 8.91. The van der Waals surface area contributed by atoms with Crippen LogP contribution in [-0.2, 0) is 10.8 Å². The quantitative estimate of drug-likeness (QED) is 0.441. The van der Waals surface area contributed by atoms with Crippen LogP contribution in [0.1, 0.15) is 101 Å². The van der Waals surface area contributed by atoms with Gasteiger partial charge in [-0.05, 0) is 86.2 Å². The molecule has 1 fully saturated rings. The molecule has 0 saturated carbocycles. The zero-order valence-electron chi connectivity index (χ0n) is 20.6. The number of hydrogen-bond acceptors (Lipinski definition) is 4. The molecule has 0 bridgehead atoms. The third-order valence-corrected chi connectivity index (χ3v) is 9.00. The number of aliphatic hydroxyl groups excluding tert-OH is 1. The van der Waals surface area contributed by atoms with Crippen molar-refractivity contribution in [3.8, 4) is 11.3 Å². The average molecular weight is 455 g/mol. The number of thiazole rings is 1. The summed E-state index contributed by atoms with van der Waals surface area (Å²) in [6.45, 7) is 13.5. The van der Waals surface area contributed by atoms with Gasteiger partial charge in [-0.3, -0.25) is 0 Å². The molecular formula is C28H42N2OS. The van der Waals surface area contributed by atoms with Crippen LogP contribution >= 0.6 is 11.3 Å². The lowest BCUT2D eigenvalue weighted by molar-refractivity contribution is 0.207. The van der Waals surface area contributed by atoms with Crippen LogP contribution < -0.4 is 0 Å². The van der Waals surface area contributed by atoms with Crippen LogP contribution in [-0.4, -0.2) is 41.2 Å². The lowest BCUT2D eigenvalue weighted by atomic mass is 9.63. The van der Waals surface area contributed by atoms with Gasteiger partial charge in [-0.25, -0.2) is 4.98 Å². The van der Waals surface area contributed by atoms with E-state index in [1.165, 1.54) is 85.6 Å². The molecular weight excluding hydrogens is 412 g/mol. The highest BCUT2D eigenvalue weighted by atomic mass is 32.1. The van der Waals surface area contributed by atoms with E-state index in [-0.39, 0.29) is 10.8 Å². The summed E-state index contributed by atoms with van der Waals surface area (Å²) in [4.78, 5) is 7.76. The second-order valence-electron chi connectivity index (χ2n) is 11.4. The molecule has 2 aliphatic rings. The van der Waals surface area contributed by atoms with Crippen LogP contribution in [0, 0.1) is 0 Å². The number of nitrogens with zero attached hydrogens (tertiary/aromatic N) is 2. The lowest BCUT2D eigenvalue weighted by Crippen LogP contribution is -2.33. The highest BCUT2D eigenvalue weighted by molar-refractivity contribution is 7.10. The highest BCUT2D eigenvalue weighted by Gasteiger charge is 2.37. The summed E-state index contributed by atoms with van der Waals surface area (Å²) >= 11 is 1.86. The van der Waals surface area contributed by atoms with Crippen molar-refractivity contribution in [2.75, 3.05) is 26.2 Å². The molecule has 3 nitrogen and oxygen atoms in total. The molecule has 4 rings (SSSR count). The summed E-state index contributed by atoms with van der Waals surface area (Å²) < 4.78 is 0. The average Bonchev–Trinajstić information content (AvgIpc) is 3.27. The molecule has 0 radical (unpaired) electrons. The Morgan fingerprint density at radius 2 is 1.66 bits per heavy atom. The molecule has 0 spiro atoms. The smallest absolute Gasteiger partial charge is 0.0964 e. The van der Waals surface area contributed by atoms with E-state index in [9.17, 15) is 0 Å². The van der Waals surface area contributed by atoms with E-state index in [0.29, 0.717) is 12.5 Å². The van der Waals surface area contributed by atoms with Gasteiger partial charge in [0, 0.05) is 23.5 Å². The third-order valence-electron chi connectivity index (χ3n) is 7.99. The maximum absolute atomic E-state index is 8.91. The van der Waals surface area contributed by atoms with Gasteiger partial charge in [0.15, 0.2) is 0 Å². The number of benzene rings is 1. The topological polar surface area (TPSA) is 36.4 Å². The number of likely N-dealkylation sites (tertiary alicyclic amines) is 1. The van der Waals surface area contributed by atoms with Gasteiger partial charge in [0.05, 0.1) is 10.7 Å². The van der Waals surface area contributed by atoms with Gasteiger partial charge < -0.3 is 10.0 Å². The van der Waals surface area contributed by atoms with Gasteiger partial charge >= 0.3 is 0 Å². The Morgan fingerprint density at radius 3 is 2.38 bits per heavy atom. The summed E-state index contributed by atoms with van der Waals surface area (Å²) in [6, 6.07) is 7.12. The summed E-state index contributed by atoms with van der Waals surface area (Å²) in [6.07, 6.45) is 9.58. The highest BCUT2D eigenvalue weighted by Crippen LogP contribution is 2.47. The fourth-order valence-corrected chi connectivity index (χ4v) is 6.56. The normalized spacial score (nSPS) is 20.9. The fraction of sp³-hybridized carbons (Fsp3) is 0.679. The van der Waals surface area contributed by atoms with E-state index in [1.54, 1.807) is 0 Å². The minimum absolute atomic E-state index is 0.241. The van der Waals surface area contributed by atoms with Crippen LogP contribution in [0.15, 0.2) is 23.6 Å². The van der Waals surface area contributed by atoms with Crippen molar-refractivity contribution in [1.29, 1.82) is 0 Å². The summed E-state index contributed by atoms with van der Waals surface area (Å²) in [5.74, 6) is 0.618. The van der Waals surface area contributed by atoms with Gasteiger partial charge in [-0.2, -0.15) is 0 Å². The zero-order valence-corrected chi connectivity index (χ0v) is 21.4. The molecule has 4 heteroatoms. The van der Waals surface area contributed by atoms with Crippen molar-refractivity contribution >= 4 is 11.3 Å². The molecule has 1 saturated heterocycles. The molecule has 1 aliphatic heterocycles. The molecule has 1 aromatic carbocycles. The third kappa shape index (κ3) is 5.29. The van der Waals surface area contributed by atoms with Gasteiger partial charge in [0.25, 0.3) is 0 Å². The second-order valence-corrected chi connectivity index (χ2v) is 12.2. The largest absolute Gasteiger partial charge is 0.396 e. The van der Waals surface area contributed by atoms with Crippen LogP contribution in [0.2, 0.25) is 0 Å². The van der Waals surface area contributed by atoms with E-state index in [2.05, 4.69) is 56.2 Å². The number of fused-ring (bicyclic) bond motifs is 1. The van der Waals surface area contributed by atoms with Gasteiger partial charge in [-0.15, -0.1) is 11.3 Å². The fourth-order valence-electron chi connectivity index (χ4n) is 5.56. The molecule has 1 aliphatic carbocycles.